The highest BCUT2D eigenvalue weighted by atomic mass is 16.5. The molecule has 0 bridgehead atoms. The molecule has 0 aliphatic rings. The van der Waals surface area contributed by atoms with Crippen molar-refractivity contribution >= 4 is 0 Å². The van der Waals surface area contributed by atoms with E-state index in [4.69, 9.17) is 4.74 Å². The Hall–Kier alpha value is -0.870. The second kappa shape index (κ2) is 5.12. The fourth-order valence-electron chi connectivity index (χ4n) is 1.09. The van der Waals surface area contributed by atoms with Crippen LogP contribution in [0.15, 0.2) is 18.5 Å². The zero-order chi connectivity index (χ0) is 10.4. The molecular weight excluding hydrogens is 178 g/mol. The van der Waals surface area contributed by atoms with Gasteiger partial charge in [-0.3, -0.25) is 4.68 Å². The Balaban J connectivity index is 2.11. The van der Waals surface area contributed by atoms with Crippen molar-refractivity contribution < 1.29 is 4.74 Å². The standard InChI is InChI=1S/C10H19N3O/c1-10(2,14-3)9-11-6-8-13-7-4-5-12-13/h4-5,7,11H,6,8-9H2,1-3H3. The lowest BCUT2D eigenvalue weighted by Gasteiger charge is -2.23. The summed E-state index contributed by atoms with van der Waals surface area (Å²) in [5, 5.41) is 7.44. The molecule has 4 nitrogen and oxygen atoms in total. The normalized spacial score (nSPS) is 11.9. The van der Waals surface area contributed by atoms with Crippen molar-refractivity contribution in [2.24, 2.45) is 0 Å². The summed E-state index contributed by atoms with van der Waals surface area (Å²) in [5.74, 6) is 0. The maximum Gasteiger partial charge on any atom is 0.0746 e. The molecule has 0 aliphatic carbocycles. The van der Waals surface area contributed by atoms with E-state index in [0.717, 1.165) is 19.6 Å². The third kappa shape index (κ3) is 3.89. The lowest BCUT2D eigenvalue weighted by Crippen LogP contribution is -2.38. The van der Waals surface area contributed by atoms with Crippen molar-refractivity contribution in [3.8, 4) is 0 Å². The van der Waals surface area contributed by atoms with Crippen molar-refractivity contribution in [2.45, 2.75) is 26.0 Å². The Morgan fingerprint density at radius 3 is 2.86 bits per heavy atom. The minimum Gasteiger partial charge on any atom is -0.377 e. The van der Waals surface area contributed by atoms with Gasteiger partial charge in [0.1, 0.15) is 0 Å². The molecule has 1 N–H and O–H groups in total. The highest BCUT2D eigenvalue weighted by Crippen LogP contribution is 2.04. The molecule has 0 aromatic carbocycles. The van der Waals surface area contributed by atoms with Gasteiger partial charge in [-0.15, -0.1) is 0 Å². The van der Waals surface area contributed by atoms with E-state index < -0.39 is 0 Å². The molecule has 0 saturated carbocycles. The predicted octanol–water partition coefficient (Wildman–Crippen LogP) is 0.898. The first-order valence-corrected chi connectivity index (χ1v) is 4.87. The van der Waals surface area contributed by atoms with Crippen molar-refractivity contribution in [3.05, 3.63) is 18.5 Å². The van der Waals surface area contributed by atoms with Gasteiger partial charge in [-0.25, -0.2) is 0 Å². The molecule has 0 radical (unpaired) electrons. The van der Waals surface area contributed by atoms with Gasteiger partial charge in [-0.2, -0.15) is 5.10 Å². The van der Waals surface area contributed by atoms with Gasteiger partial charge in [0, 0.05) is 32.6 Å². The fraction of sp³-hybridized carbons (Fsp3) is 0.700. The number of nitrogens with zero attached hydrogens (tertiary/aromatic N) is 2. The zero-order valence-corrected chi connectivity index (χ0v) is 9.16. The maximum atomic E-state index is 5.29. The third-order valence-electron chi connectivity index (χ3n) is 2.18. The number of hydrogen-bond acceptors (Lipinski definition) is 3. The molecule has 80 valence electrons. The van der Waals surface area contributed by atoms with Crippen molar-refractivity contribution in [1.82, 2.24) is 15.1 Å². The van der Waals surface area contributed by atoms with E-state index in [0.29, 0.717) is 0 Å². The molecule has 0 aliphatic heterocycles. The van der Waals surface area contributed by atoms with Gasteiger partial charge in [0.2, 0.25) is 0 Å². The first-order valence-electron chi connectivity index (χ1n) is 4.87. The Kier molecular flexibility index (Phi) is 4.10. The summed E-state index contributed by atoms with van der Waals surface area (Å²) in [5.41, 5.74) is -0.0931. The molecule has 0 unspecified atom stereocenters. The molecule has 1 aromatic heterocycles. The molecule has 1 rings (SSSR count). The van der Waals surface area contributed by atoms with E-state index in [1.807, 2.05) is 16.9 Å². The van der Waals surface area contributed by atoms with Gasteiger partial charge < -0.3 is 10.1 Å². The molecule has 1 heterocycles. The molecular formula is C10H19N3O. The Morgan fingerprint density at radius 2 is 2.29 bits per heavy atom. The van der Waals surface area contributed by atoms with Gasteiger partial charge in [-0.1, -0.05) is 0 Å². The molecule has 0 fully saturated rings. The van der Waals surface area contributed by atoms with Crippen LogP contribution in [-0.2, 0) is 11.3 Å². The van der Waals surface area contributed by atoms with E-state index in [1.54, 1.807) is 13.3 Å². The quantitative estimate of drug-likeness (QED) is 0.689. The van der Waals surface area contributed by atoms with Crippen LogP contribution < -0.4 is 5.32 Å². The van der Waals surface area contributed by atoms with Crippen LogP contribution in [-0.4, -0.2) is 35.6 Å². The van der Waals surface area contributed by atoms with Crippen molar-refractivity contribution in [3.63, 3.8) is 0 Å². The minimum atomic E-state index is -0.0931. The number of nitrogens with one attached hydrogen (secondary N) is 1. The Labute approximate surface area is 85.3 Å². The summed E-state index contributed by atoms with van der Waals surface area (Å²) >= 11 is 0. The molecule has 0 amide bonds. The number of ether oxygens (including phenoxy) is 1. The van der Waals surface area contributed by atoms with Crippen LogP contribution in [0.1, 0.15) is 13.8 Å². The van der Waals surface area contributed by atoms with Crippen LogP contribution in [0.25, 0.3) is 0 Å². The average molecular weight is 197 g/mol. The third-order valence-corrected chi connectivity index (χ3v) is 2.18. The molecule has 0 atom stereocenters. The summed E-state index contributed by atoms with van der Waals surface area (Å²) in [6.07, 6.45) is 3.75. The maximum absolute atomic E-state index is 5.29. The second-order valence-corrected chi connectivity index (χ2v) is 3.91. The van der Waals surface area contributed by atoms with E-state index in [1.165, 1.54) is 0 Å². The summed E-state index contributed by atoms with van der Waals surface area (Å²) in [7, 11) is 1.73. The molecule has 14 heavy (non-hydrogen) atoms. The van der Waals surface area contributed by atoms with Crippen LogP contribution in [0.4, 0.5) is 0 Å². The second-order valence-electron chi connectivity index (χ2n) is 3.91. The monoisotopic (exact) mass is 197 g/mol. The van der Waals surface area contributed by atoms with Crippen molar-refractivity contribution in [2.75, 3.05) is 20.2 Å². The molecule has 4 heteroatoms. The van der Waals surface area contributed by atoms with Gasteiger partial charge in [-0.05, 0) is 19.9 Å². The first kappa shape index (κ1) is 11.2. The van der Waals surface area contributed by atoms with E-state index >= 15 is 0 Å². The van der Waals surface area contributed by atoms with Crippen LogP contribution in [0, 0.1) is 0 Å². The minimum absolute atomic E-state index is 0.0931. The van der Waals surface area contributed by atoms with Crippen LogP contribution in [0.5, 0.6) is 0 Å². The van der Waals surface area contributed by atoms with Crippen LogP contribution >= 0.6 is 0 Å². The van der Waals surface area contributed by atoms with E-state index in [2.05, 4.69) is 24.3 Å². The highest BCUT2D eigenvalue weighted by Gasteiger charge is 2.14. The number of rotatable bonds is 6. The average Bonchev–Trinajstić information content (AvgIpc) is 2.65. The Bertz CT molecular complexity index is 244. The van der Waals surface area contributed by atoms with Gasteiger partial charge in [0.15, 0.2) is 0 Å². The van der Waals surface area contributed by atoms with Gasteiger partial charge in [0.05, 0.1) is 12.1 Å². The number of methoxy groups -OCH3 is 1. The SMILES string of the molecule is COC(C)(C)CNCCn1cccn1. The van der Waals surface area contributed by atoms with Gasteiger partial charge in [0.25, 0.3) is 0 Å². The smallest absolute Gasteiger partial charge is 0.0746 e. The molecule has 0 saturated heterocycles. The summed E-state index contributed by atoms with van der Waals surface area (Å²) < 4.78 is 7.20. The lowest BCUT2D eigenvalue weighted by atomic mass is 10.1. The highest BCUT2D eigenvalue weighted by molar-refractivity contribution is 4.78. The Morgan fingerprint density at radius 1 is 1.50 bits per heavy atom. The molecule has 1 aromatic rings. The predicted molar refractivity (Wildman–Crippen MR) is 56.2 cm³/mol. The van der Waals surface area contributed by atoms with Crippen LogP contribution in [0.2, 0.25) is 0 Å². The number of aromatic nitrogens is 2. The zero-order valence-electron chi connectivity index (χ0n) is 9.16. The van der Waals surface area contributed by atoms with Crippen molar-refractivity contribution in [1.29, 1.82) is 0 Å². The summed E-state index contributed by atoms with van der Waals surface area (Å²) in [6.45, 7) is 6.79. The van der Waals surface area contributed by atoms with Gasteiger partial charge >= 0.3 is 0 Å². The van der Waals surface area contributed by atoms with Crippen LogP contribution in [0.3, 0.4) is 0 Å². The lowest BCUT2D eigenvalue weighted by molar-refractivity contribution is 0.0233. The fourth-order valence-corrected chi connectivity index (χ4v) is 1.09. The summed E-state index contributed by atoms with van der Waals surface area (Å²) in [6, 6.07) is 1.93. The molecule has 0 spiro atoms. The van der Waals surface area contributed by atoms with E-state index in [9.17, 15) is 0 Å². The largest absolute Gasteiger partial charge is 0.377 e. The topological polar surface area (TPSA) is 39.1 Å². The van der Waals surface area contributed by atoms with E-state index in [-0.39, 0.29) is 5.60 Å². The first-order chi connectivity index (χ1) is 6.64. The summed E-state index contributed by atoms with van der Waals surface area (Å²) in [4.78, 5) is 0. The number of hydrogen-bond donors (Lipinski definition) is 1.